The summed E-state index contributed by atoms with van der Waals surface area (Å²) in [6.07, 6.45) is 7.50. The summed E-state index contributed by atoms with van der Waals surface area (Å²) in [6, 6.07) is 0. The van der Waals surface area contributed by atoms with Crippen molar-refractivity contribution in [3.8, 4) is 0 Å². The molecule has 0 atom stereocenters. The minimum Gasteiger partial charge on any atom is -0.759 e. The first-order valence-electron chi connectivity index (χ1n) is 4.69. The fraction of sp³-hybridized carbons (Fsp3) is 1.00. The van der Waals surface area contributed by atoms with Crippen LogP contribution in [0.1, 0.15) is 45.4 Å². The number of aliphatic hydroxyl groups is 1. The van der Waals surface area contributed by atoms with Crippen LogP contribution in [0.2, 0.25) is 0 Å². The summed E-state index contributed by atoms with van der Waals surface area (Å²) in [5.41, 5.74) is 0. The van der Waals surface area contributed by atoms with Crippen LogP contribution in [-0.4, -0.2) is 29.2 Å². The number of aliphatic hydroxyl groups excluding tert-OH is 1. The van der Waals surface area contributed by atoms with Gasteiger partial charge >= 0.3 is 59.1 Å². The molecule has 0 aliphatic heterocycles. The number of rotatable bonds is 6. The molecular formula is C8H18Na2O5S. The summed E-state index contributed by atoms with van der Waals surface area (Å²) in [7, 11) is -5.17. The van der Waals surface area contributed by atoms with Crippen molar-refractivity contribution in [1.82, 2.24) is 0 Å². The Kier molecular flexibility index (Phi) is 31.6. The van der Waals surface area contributed by atoms with Gasteiger partial charge in [-0.2, -0.15) is 0 Å². The van der Waals surface area contributed by atoms with Crippen LogP contribution in [-0.2, 0) is 10.4 Å². The predicted octanol–water partition coefficient (Wildman–Crippen LogP) is -4.99. The largest absolute Gasteiger partial charge is 1.00 e. The molecule has 1 N–H and O–H groups in total. The predicted molar refractivity (Wildman–Crippen MR) is 50.9 cm³/mol. The Hall–Kier alpha value is 1.83. The van der Waals surface area contributed by atoms with Gasteiger partial charge in [0.25, 0.3) is 0 Å². The molecule has 0 aliphatic rings. The molecule has 0 radical (unpaired) electrons. The van der Waals surface area contributed by atoms with E-state index < -0.39 is 10.4 Å². The van der Waals surface area contributed by atoms with Gasteiger partial charge in [0.1, 0.15) is 0 Å². The van der Waals surface area contributed by atoms with Crippen molar-refractivity contribution in [2.24, 2.45) is 0 Å². The van der Waals surface area contributed by atoms with Crippen molar-refractivity contribution in [3.05, 3.63) is 0 Å². The maximum Gasteiger partial charge on any atom is 1.00 e. The van der Waals surface area contributed by atoms with Crippen LogP contribution in [0.4, 0.5) is 0 Å². The van der Waals surface area contributed by atoms with E-state index in [4.69, 9.17) is 22.6 Å². The first-order valence-corrected chi connectivity index (χ1v) is 6.02. The Bertz CT molecular complexity index is 183. The second-order valence-electron chi connectivity index (χ2n) is 2.90. The molecule has 0 aliphatic carbocycles. The standard InChI is InChI=1S/C8H18O.2Na.H2O4S/c1-2-3-4-5-6-7-8-9;;;1-5(2,3)4/h9H,2-8H2,1H3;;;(H2,1,2,3,4)/q;2*+1;/p-2. The van der Waals surface area contributed by atoms with E-state index in [0.29, 0.717) is 6.61 Å². The summed E-state index contributed by atoms with van der Waals surface area (Å²) in [5, 5.41) is 8.42. The van der Waals surface area contributed by atoms with Crippen LogP contribution < -0.4 is 59.1 Å². The number of unbranched alkanes of at least 4 members (excludes halogenated alkanes) is 5. The molecule has 0 bridgehead atoms. The van der Waals surface area contributed by atoms with E-state index >= 15 is 0 Å². The molecular weight excluding hydrogens is 254 g/mol. The molecule has 0 amide bonds. The fourth-order valence-electron chi connectivity index (χ4n) is 0.892. The molecule has 0 heterocycles. The van der Waals surface area contributed by atoms with Gasteiger partial charge in [-0.15, -0.1) is 0 Å². The van der Waals surface area contributed by atoms with Crippen LogP contribution in [0.25, 0.3) is 0 Å². The van der Waals surface area contributed by atoms with Gasteiger partial charge in [-0.05, 0) is 6.42 Å². The zero-order chi connectivity index (χ0) is 11.4. The molecule has 0 spiro atoms. The third kappa shape index (κ3) is 56.8. The Morgan fingerprint density at radius 2 is 1.25 bits per heavy atom. The molecule has 0 unspecified atom stereocenters. The third-order valence-corrected chi connectivity index (χ3v) is 1.51. The minimum absolute atomic E-state index is 0. The van der Waals surface area contributed by atoms with Gasteiger partial charge in [-0.25, -0.2) is 0 Å². The van der Waals surface area contributed by atoms with Crippen molar-refractivity contribution < 1.29 is 81.7 Å². The molecule has 8 heteroatoms. The van der Waals surface area contributed by atoms with Crippen molar-refractivity contribution in [2.45, 2.75) is 45.4 Å². The van der Waals surface area contributed by atoms with E-state index in [9.17, 15) is 0 Å². The minimum atomic E-state index is -5.17. The van der Waals surface area contributed by atoms with Crippen LogP contribution >= 0.6 is 0 Å². The Morgan fingerprint density at radius 3 is 1.56 bits per heavy atom. The molecule has 88 valence electrons. The summed E-state index contributed by atoms with van der Waals surface area (Å²) in [6.45, 7) is 2.58. The monoisotopic (exact) mass is 272 g/mol. The fourth-order valence-corrected chi connectivity index (χ4v) is 0.892. The van der Waals surface area contributed by atoms with Crippen molar-refractivity contribution in [2.75, 3.05) is 6.61 Å². The molecule has 0 aromatic rings. The van der Waals surface area contributed by atoms with E-state index in [1.165, 1.54) is 32.1 Å². The van der Waals surface area contributed by atoms with Crippen molar-refractivity contribution in [3.63, 3.8) is 0 Å². The van der Waals surface area contributed by atoms with Gasteiger partial charge in [0.2, 0.25) is 0 Å². The molecule has 0 aromatic carbocycles. The van der Waals surface area contributed by atoms with Crippen LogP contribution in [0, 0.1) is 0 Å². The zero-order valence-electron chi connectivity index (χ0n) is 10.4. The average Bonchev–Trinajstić information content (AvgIpc) is 2.01. The first-order chi connectivity index (χ1) is 6.41. The van der Waals surface area contributed by atoms with Crippen LogP contribution in [0.5, 0.6) is 0 Å². The summed E-state index contributed by atoms with van der Waals surface area (Å²) < 4.78 is 34.1. The molecule has 0 saturated heterocycles. The molecule has 5 nitrogen and oxygen atoms in total. The van der Waals surface area contributed by atoms with Crippen LogP contribution in [0.15, 0.2) is 0 Å². The Labute approximate surface area is 143 Å². The smallest absolute Gasteiger partial charge is 0.759 e. The van der Waals surface area contributed by atoms with E-state index in [2.05, 4.69) is 6.92 Å². The third-order valence-electron chi connectivity index (χ3n) is 1.51. The second kappa shape index (κ2) is 19.2. The normalized spacial score (nSPS) is 9.25. The maximum absolute atomic E-state index is 8.52. The van der Waals surface area contributed by atoms with Crippen molar-refractivity contribution >= 4 is 10.4 Å². The summed E-state index contributed by atoms with van der Waals surface area (Å²) in [5.74, 6) is 0. The van der Waals surface area contributed by atoms with Gasteiger partial charge in [0.05, 0.1) is 0 Å². The maximum atomic E-state index is 8.52. The topological polar surface area (TPSA) is 100 Å². The SMILES string of the molecule is CCCCCCCCO.O=S(=O)([O-])[O-].[Na+].[Na+]. The molecule has 0 fully saturated rings. The molecule has 0 saturated carbocycles. The van der Waals surface area contributed by atoms with E-state index in [-0.39, 0.29) is 59.1 Å². The molecule has 0 aromatic heterocycles. The Morgan fingerprint density at radius 1 is 0.938 bits per heavy atom. The first kappa shape index (κ1) is 26.4. The summed E-state index contributed by atoms with van der Waals surface area (Å²) in [4.78, 5) is 0. The zero-order valence-corrected chi connectivity index (χ0v) is 15.3. The van der Waals surface area contributed by atoms with Gasteiger partial charge in [-0.3, -0.25) is 8.42 Å². The van der Waals surface area contributed by atoms with E-state index in [1.54, 1.807) is 0 Å². The van der Waals surface area contributed by atoms with Gasteiger partial charge in [0.15, 0.2) is 0 Å². The quantitative estimate of drug-likeness (QED) is 0.226. The van der Waals surface area contributed by atoms with Gasteiger partial charge in [0, 0.05) is 17.0 Å². The Balaban J connectivity index is -0.0000000904. The van der Waals surface area contributed by atoms with Gasteiger partial charge in [-0.1, -0.05) is 39.0 Å². The molecule has 0 rings (SSSR count). The number of hydrogen-bond acceptors (Lipinski definition) is 5. The molecule has 16 heavy (non-hydrogen) atoms. The van der Waals surface area contributed by atoms with Gasteiger partial charge < -0.3 is 14.2 Å². The summed E-state index contributed by atoms with van der Waals surface area (Å²) >= 11 is 0. The van der Waals surface area contributed by atoms with Crippen molar-refractivity contribution in [1.29, 1.82) is 0 Å². The van der Waals surface area contributed by atoms with E-state index in [0.717, 1.165) is 6.42 Å². The number of hydrogen-bond donors (Lipinski definition) is 1. The van der Waals surface area contributed by atoms with E-state index in [1.807, 2.05) is 0 Å². The average molecular weight is 272 g/mol. The van der Waals surface area contributed by atoms with Crippen LogP contribution in [0.3, 0.4) is 0 Å². The second-order valence-corrected chi connectivity index (χ2v) is 3.72.